The highest BCUT2D eigenvalue weighted by Crippen LogP contribution is 2.33. The number of aromatic nitrogens is 5. The van der Waals surface area contributed by atoms with Gasteiger partial charge >= 0.3 is 6.18 Å². The first kappa shape index (κ1) is 21.7. The molecular weight excluding hydrogens is 443 g/mol. The van der Waals surface area contributed by atoms with Crippen molar-refractivity contribution in [2.45, 2.75) is 20.0 Å². The van der Waals surface area contributed by atoms with Crippen LogP contribution in [0, 0.1) is 13.8 Å². The summed E-state index contributed by atoms with van der Waals surface area (Å²) in [6.07, 6.45) is -2.77. The molecule has 0 fully saturated rings. The molecule has 3 aromatic heterocycles. The van der Waals surface area contributed by atoms with Crippen LogP contribution in [0.25, 0.3) is 28.0 Å². The molecule has 6 nitrogen and oxygen atoms in total. The van der Waals surface area contributed by atoms with E-state index in [0.717, 1.165) is 33.9 Å². The van der Waals surface area contributed by atoms with Crippen molar-refractivity contribution in [1.82, 2.24) is 24.3 Å². The van der Waals surface area contributed by atoms with E-state index in [1.165, 1.54) is 4.68 Å². The lowest BCUT2D eigenvalue weighted by Gasteiger charge is -2.11. The molecule has 3 heterocycles. The maximum atomic E-state index is 13.0. The Hall–Kier alpha value is -4.14. The average Bonchev–Trinajstić information content (AvgIpc) is 3.37. The number of pyridine rings is 1. The lowest BCUT2D eigenvalue weighted by Crippen LogP contribution is -2.07. The number of benzene rings is 2. The van der Waals surface area contributed by atoms with Crippen LogP contribution in [0.4, 0.5) is 13.2 Å². The molecule has 0 amide bonds. The number of aryl methyl sites for hydroxylation is 3. The van der Waals surface area contributed by atoms with E-state index in [2.05, 4.69) is 10.1 Å². The first-order valence-corrected chi connectivity index (χ1v) is 10.5. The Kier molecular flexibility index (Phi) is 5.11. The highest BCUT2D eigenvalue weighted by molar-refractivity contribution is 5.91. The van der Waals surface area contributed by atoms with Crippen LogP contribution in [0.1, 0.15) is 17.0 Å². The van der Waals surface area contributed by atoms with Crippen LogP contribution in [-0.2, 0) is 13.2 Å². The fraction of sp³-hybridized carbons (Fsp3) is 0.160. The molecule has 0 spiro atoms. The summed E-state index contributed by atoms with van der Waals surface area (Å²) in [6.45, 7) is 3.59. The fourth-order valence-corrected chi connectivity index (χ4v) is 3.83. The lowest BCUT2D eigenvalue weighted by atomic mass is 10.0. The fourth-order valence-electron chi connectivity index (χ4n) is 3.83. The molecule has 2 aromatic carbocycles. The van der Waals surface area contributed by atoms with E-state index in [9.17, 15) is 13.2 Å². The van der Waals surface area contributed by atoms with Gasteiger partial charge in [0.2, 0.25) is 5.88 Å². The van der Waals surface area contributed by atoms with Crippen molar-refractivity contribution in [2.75, 3.05) is 0 Å². The molecule has 0 aliphatic carbocycles. The molecule has 172 valence electrons. The molecule has 0 saturated heterocycles. The topological polar surface area (TPSA) is 57.8 Å². The van der Waals surface area contributed by atoms with Gasteiger partial charge in [0.1, 0.15) is 17.0 Å². The van der Waals surface area contributed by atoms with Crippen LogP contribution in [0.15, 0.2) is 67.0 Å². The number of ether oxygens (including phenoxy) is 1. The number of nitrogens with zero attached hydrogens (tertiary/aromatic N) is 5. The van der Waals surface area contributed by atoms with Gasteiger partial charge in [0, 0.05) is 24.4 Å². The van der Waals surface area contributed by atoms with Gasteiger partial charge < -0.3 is 9.30 Å². The van der Waals surface area contributed by atoms with Crippen molar-refractivity contribution < 1.29 is 17.9 Å². The van der Waals surface area contributed by atoms with E-state index in [-0.39, 0.29) is 0 Å². The first-order chi connectivity index (χ1) is 16.2. The van der Waals surface area contributed by atoms with Crippen molar-refractivity contribution in [3.05, 3.63) is 83.9 Å². The number of halogens is 3. The van der Waals surface area contributed by atoms with Crippen LogP contribution in [0.2, 0.25) is 0 Å². The zero-order valence-corrected chi connectivity index (χ0v) is 18.6. The van der Waals surface area contributed by atoms with Crippen molar-refractivity contribution >= 4 is 11.0 Å². The summed E-state index contributed by atoms with van der Waals surface area (Å²) in [5.41, 5.74) is 4.33. The van der Waals surface area contributed by atoms with Crippen molar-refractivity contribution in [1.29, 1.82) is 0 Å². The first-order valence-electron chi connectivity index (χ1n) is 10.5. The second-order valence-corrected chi connectivity index (χ2v) is 8.02. The SMILES string of the molecule is Cc1ccccc1-c1nc(Oc2ccc(-n3nc(C(F)(F)F)cc3C)cc2)cc2c1ncn2C. The molecule has 0 aliphatic rings. The molecule has 0 unspecified atom stereocenters. The van der Waals surface area contributed by atoms with Gasteiger partial charge in [-0.15, -0.1) is 0 Å². The molecule has 5 rings (SSSR count). The Morgan fingerprint density at radius 2 is 1.68 bits per heavy atom. The number of alkyl halides is 3. The summed E-state index contributed by atoms with van der Waals surface area (Å²) < 4.78 is 48.2. The standard InChI is InChI=1S/C25H20F3N5O/c1-15-6-4-5-7-19(15)23-24-20(32(3)14-29-24)13-22(30-23)34-18-10-8-17(9-11-18)33-16(2)12-21(31-33)25(26,27)28/h4-14H,1-3H3. The van der Waals surface area contributed by atoms with Crippen molar-refractivity contribution in [3.8, 4) is 28.6 Å². The highest BCUT2D eigenvalue weighted by atomic mass is 19.4. The molecule has 5 aromatic rings. The van der Waals surface area contributed by atoms with Crippen LogP contribution in [0.5, 0.6) is 11.6 Å². The minimum absolute atomic E-state index is 0.382. The maximum Gasteiger partial charge on any atom is 0.435 e. The highest BCUT2D eigenvalue weighted by Gasteiger charge is 2.34. The molecule has 0 aliphatic heterocycles. The van der Waals surface area contributed by atoms with Gasteiger partial charge in [0.05, 0.1) is 17.5 Å². The maximum absolute atomic E-state index is 13.0. The minimum atomic E-state index is -4.50. The minimum Gasteiger partial charge on any atom is -0.439 e. The van der Waals surface area contributed by atoms with Gasteiger partial charge in [-0.05, 0) is 49.7 Å². The molecule has 0 bridgehead atoms. The zero-order valence-electron chi connectivity index (χ0n) is 18.6. The Morgan fingerprint density at radius 1 is 0.941 bits per heavy atom. The van der Waals surface area contributed by atoms with Gasteiger partial charge in [-0.2, -0.15) is 18.3 Å². The largest absolute Gasteiger partial charge is 0.439 e. The summed E-state index contributed by atoms with van der Waals surface area (Å²) in [6, 6.07) is 17.4. The van der Waals surface area contributed by atoms with E-state index in [4.69, 9.17) is 9.72 Å². The third-order valence-electron chi connectivity index (χ3n) is 5.57. The van der Waals surface area contributed by atoms with E-state index in [1.54, 1.807) is 37.5 Å². The average molecular weight is 463 g/mol. The molecule has 0 saturated carbocycles. The van der Waals surface area contributed by atoms with Gasteiger partial charge in [-0.1, -0.05) is 24.3 Å². The smallest absolute Gasteiger partial charge is 0.435 e. The van der Waals surface area contributed by atoms with Gasteiger partial charge in [-0.25, -0.2) is 14.6 Å². The Morgan fingerprint density at radius 3 is 2.35 bits per heavy atom. The second-order valence-electron chi connectivity index (χ2n) is 8.02. The summed E-state index contributed by atoms with van der Waals surface area (Å²) in [5.74, 6) is 0.881. The molecule has 0 N–H and O–H groups in total. The summed E-state index contributed by atoms with van der Waals surface area (Å²) in [5, 5.41) is 3.69. The van der Waals surface area contributed by atoms with Crippen LogP contribution in [0.3, 0.4) is 0 Å². The molecular formula is C25H20F3N5O. The summed E-state index contributed by atoms with van der Waals surface area (Å²) in [4.78, 5) is 9.24. The summed E-state index contributed by atoms with van der Waals surface area (Å²) >= 11 is 0. The molecule has 0 radical (unpaired) electrons. The normalized spacial score (nSPS) is 11.8. The van der Waals surface area contributed by atoms with E-state index >= 15 is 0 Å². The number of rotatable bonds is 4. The zero-order chi connectivity index (χ0) is 24.0. The van der Waals surface area contributed by atoms with Crippen LogP contribution >= 0.6 is 0 Å². The number of fused-ring (bicyclic) bond motifs is 1. The second kappa shape index (κ2) is 8.02. The third-order valence-corrected chi connectivity index (χ3v) is 5.57. The van der Waals surface area contributed by atoms with Crippen molar-refractivity contribution in [3.63, 3.8) is 0 Å². The number of hydrogen-bond donors (Lipinski definition) is 0. The summed E-state index contributed by atoms with van der Waals surface area (Å²) in [7, 11) is 1.90. The van der Waals surface area contributed by atoms with E-state index < -0.39 is 11.9 Å². The number of hydrogen-bond acceptors (Lipinski definition) is 4. The van der Waals surface area contributed by atoms with E-state index in [1.807, 2.05) is 48.9 Å². The quantitative estimate of drug-likeness (QED) is 0.316. The Bertz CT molecular complexity index is 1500. The van der Waals surface area contributed by atoms with Crippen LogP contribution < -0.4 is 4.74 Å². The lowest BCUT2D eigenvalue weighted by molar-refractivity contribution is -0.141. The van der Waals surface area contributed by atoms with E-state index in [0.29, 0.717) is 23.0 Å². The van der Waals surface area contributed by atoms with Gasteiger partial charge in [-0.3, -0.25) is 0 Å². The monoisotopic (exact) mass is 463 g/mol. The van der Waals surface area contributed by atoms with Crippen LogP contribution in [-0.4, -0.2) is 24.3 Å². The third kappa shape index (κ3) is 3.89. The van der Waals surface area contributed by atoms with Crippen molar-refractivity contribution in [2.24, 2.45) is 7.05 Å². The predicted molar refractivity (Wildman–Crippen MR) is 122 cm³/mol. The van der Waals surface area contributed by atoms with Gasteiger partial charge in [0.25, 0.3) is 0 Å². The Labute approximate surface area is 193 Å². The number of imidazole rings is 1. The van der Waals surface area contributed by atoms with Gasteiger partial charge in [0.15, 0.2) is 5.69 Å². The Balaban J connectivity index is 1.49. The molecule has 34 heavy (non-hydrogen) atoms. The molecule has 0 atom stereocenters. The molecule has 9 heteroatoms. The predicted octanol–water partition coefficient (Wildman–Crippen LogP) is 6.25.